The average Bonchev–Trinajstić information content (AvgIpc) is 2.96. The van der Waals surface area contributed by atoms with Crippen LogP contribution in [0.5, 0.6) is 0 Å². The van der Waals surface area contributed by atoms with E-state index in [0.29, 0.717) is 12.0 Å². The second kappa shape index (κ2) is 8.14. The number of likely N-dealkylation sites (tertiary alicyclic amines) is 1. The van der Waals surface area contributed by atoms with E-state index in [2.05, 4.69) is 31.0 Å². The molecule has 31 heavy (non-hydrogen) atoms. The molecule has 3 atom stereocenters. The highest BCUT2D eigenvalue weighted by atomic mass is 16.2. The molecule has 4 heteroatoms. The molecule has 4 rings (SSSR count). The van der Waals surface area contributed by atoms with Crippen molar-refractivity contribution in [2.45, 2.75) is 65.5 Å². The molecule has 2 aromatic rings. The van der Waals surface area contributed by atoms with Crippen molar-refractivity contribution in [2.24, 2.45) is 10.8 Å². The van der Waals surface area contributed by atoms with Crippen molar-refractivity contribution in [3.8, 4) is 0 Å². The molecule has 2 aromatic carbocycles. The minimum atomic E-state index is -0.567. The Labute approximate surface area is 186 Å². The van der Waals surface area contributed by atoms with Crippen LogP contribution in [0.4, 0.5) is 0 Å². The number of carbonyl (C=O) groups is 2. The molecule has 1 saturated carbocycles. The zero-order valence-corrected chi connectivity index (χ0v) is 19.2. The number of nitrogens with zero attached hydrogens (tertiary/aromatic N) is 1. The molecular formula is C27H34N2O2. The summed E-state index contributed by atoms with van der Waals surface area (Å²) in [5.74, 6) is -0.140. The summed E-state index contributed by atoms with van der Waals surface area (Å²) >= 11 is 0. The second-order valence-corrected chi connectivity index (χ2v) is 10.8. The van der Waals surface area contributed by atoms with Gasteiger partial charge in [-0.2, -0.15) is 0 Å². The van der Waals surface area contributed by atoms with E-state index >= 15 is 0 Å². The van der Waals surface area contributed by atoms with Crippen LogP contribution < -0.4 is 5.32 Å². The summed E-state index contributed by atoms with van der Waals surface area (Å²) in [5.41, 5.74) is 3.16. The van der Waals surface area contributed by atoms with Crippen molar-refractivity contribution in [3.05, 3.63) is 71.3 Å². The third kappa shape index (κ3) is 4.84. The van der Waals surface area contributed by atoms with E-state index < -0.39 is 6.04 Å². The van der Waals surface area contributed by atoms with Gasteiger partial charge in [0.15, 0.2) is 0 Å². The second-order valence-electron chi connectivity index (χ2n) is 10.8. The van der Waals surface area contributed by atoms with Gasteiger partial charge in [0, 0.05) is 24.6 Å². The molecule has 2 fully saturated rings. The first-order valence-corrected chi connectivity index (χ1v) is 11.4. The molecule has 164 valence electrons. The third-order valence-corrected chi connectivity index (χ3v) is 6.90. The molecule has 1 saturated heterocycles. The number of rotatable bonds is 5. The van der Waals surface area contributed by atoms with E-state index in [-0.39, 0.29) is 28.7 Å². The standard InChI is InChI=1S/C27H34N2O2/c1-19-10-12-21(13-11-19)24(30)28-23(14-20-8-6-5-7-9-20)25(31)29-18-27(4)16-22(29)15-26(2,3)17-27/h5-13,22-23H,14-18H2,1-4H3,(H,28,30). The zero-order chi connectivity index (χ0) is 22.2. The highest BCUT2D eigenvalue weighted by molar-refractivity contribution is 5.97. The molecular weight excluding hydrogens is 384 g/mol. The Hall–Kier alpha value is -2.62. The minimum Gasteiger partial charge on any atom is -0.340 e. The Morgan fingerprint density at radius 2 is 1.71 bits per heavy atom. The van der Waals surface area contributed by atoms with E-state index in [4.69, 9.17) is 0 Å². The Morgan fingerprint density at radius 1 is 1.03 bits per heavy atom. The van der Waals surface area contributed by atoms with Crippen molar-refractivity contribution in [3.63, 3.8) is 0 Å². The number of carbonyl (C=O) groups excluding carboxylic acids is 2. The van der Waals surface area contributed by atoms with Crippen LogP contribution in [-0.4, -0.2) is 35.3 Å². The van der Waals surface area contributed by atoms with Gasteiger partial charge in [-0.05, 0) is 54.7 Å². The van der Waals surface area contributed by atoms with Crippen molar-refractivity contribution in [1.29, 1.82) is 0 Å². The molecule has 2 amide bonds. The number of amides is 2. The molecule has 2 aliphatic rings. The summed E-state index contributed by atoms with van der Waals surface area (Å²) in [5, 5.41) is 3.06. The van der Waals surface area contributed by atoms with E-state index in [1.807, 2.05) is 61.5 Å². The predicted molar refractivity (Wildman–Crippen MR) is 124 cm³/mol. The van der Waals surface area contributed by atoms with Gasteiger partial charge in [0.1, 0.15) is 6.04 Å². The van der Waals surface area contributed by atoms with Crippen LogP contribution in [0.25, 0.3) is 0 Å². The lowest BCUT2D eigenvalue weighted by atomic mass is 9.65. The van der Waals surface area contributed by atoms with Gasteiger partial charge in [-0.3, -0.25) is 9.59 Å². The first-order chi connectivity index (χ1) is 14.6. The smallest absolute Gasteiger partial charge is 0.251 e. The van der Waals surface area contributed by atoms with Crippen molar-refractivity contribution < 1.29 is 9.59 Å². The Bertz CT molecular complexity index is 951. The Balaban J connectivity index is 1.57. The van der Waals surface area contributed by atoms with Crippen LogP contribution in [0.15, 0.2) is 54.6 Å². The summed E-state index contributed by atoms with van der Waals surface area (Å²) in [6.45, 7) is 9.71. The summed E-state index contributed by atoms with van der Waals surface area (Å²) in [4.78, 5) is 28.8. The zero-order valence-electron chi connectivity index (χ0n) is 19.2. The number of hydrogen-bond donors (Lipinski definition) is 1. The van der Waals surface area contributed by atoms with Crippen LogP contribution in [0.3, 0.4) is 0 Å². The van der Waals surface area contributed by atoms with Crippen molar-refractivity contribution >= 4 is 11.8 Å². The third-order valence-electron chi connectivity index (χ3n) is 6.90. The lowest BCUT2D eigenvalue weighted by Crippen LogP contribution is -2.51. The molecule has 1 N–H and O–H groups in total. The Kier molecular flexibility index (Phi) is 5.67. The lowest BCUT2D eigenvalue weighted by Gasteiger charge is -2.39. The first kappa shape index (κ1) is 21.6. The highest BCUT2D eigenvalue weighted by Crippen LogP contribution is 2.52. The maximum Gasteiger partial charge on any atom is 0.251 e. The normalized spacial score (nSPS) is 25.2. The van der Waals surface area contributed by atoms with Crippen molar-refractivity contribution in [2.75, 3.05) is 6.54 Å². The fourth-order valence-electron chi connectivity index (χ4n) is 5.91. The van der Waals surface area contributed by atoms with E-state index in [1.165, 1.54) is 0 Å². The number of aryl methyl sites for hydroxylation is 1. The lowest BCUT2D eigenvalue weighted by molar-refractivity contribution is -0.134. The summed E-state index contributed by atoms with van der Waals surface area (Å²) in [7, 11) is 0. The van der Waals surface area contributed by atoms with Crippen LogP contribution in [-0.2, 0) is 11.2 Å². The van der Waals surface area contributed by atoms with Gasteiger partial charge in [0.25, 0.3) is 5.91 Å². The highest BCUT2D eigenvalue weighted by Gasteiger charge is 2.51. The maximum absolute atomic E-state index is 13.8. The number of hydrogen-bond acceptors (Lipinski definition) is 2. The van der Waals surface area contributed by atoms with Crippen molar-refractivity contribution in [1.82, 2.24) is 10.2 Å². The van der Waals surface area contributed by atoms with Gasteiger partial charge in [-0.15, -0.1) is 0 Å². The quantitative estimate of drug-likeness (QED) is 0.761. The summed E-state index contributed by atoms with van der Waals surface area (Å²) in [6.07, 6.45) is 3.73. The number of benzene rings is 2. The van der Waals surface area contributed by atoms with E-state index in [1.54, 1.807) is 0 Å². The fraction of sp³-hybridized carbons (Fsp3) is 0.481. The largest absolute Gasteiger partial charge is 0.340 e. The van der Waals surface area contributed by atoms with Gasteiger partial charge in [0.2, 0.25) is 5.91 Å². The van der Waals surface area contributed by atoms with Crippen LogP contribution in [0, 0.1) is 17.8 Å². The molecule has 0 radical (unpaired) electrons. The fourth-order valence-corrected chi connectivity index (χ4v) is 5.91. The SMILES string of the molecule is Cc1ccc(C(=O)NC(Cc2ccccc2)C(=O)N2CC3(C)CC2CC(C)(C)C3)cc1. The van der Waals surface area contributed by atoms with Gasteiger partial charge in [0.05, 0.1) is 0 Å². The minimum absolute atomic E-state index is 0.0516. The first-order valence-electron chi connectivity index (χ1n) is 11.4. The van der Waals surface area contributed by atoms with Crippen LogP contribution >= 0.6 is 0 Å². The Morgan fingerprint density at radius 3 is 2.39 bits per heavy atom. The number of fused-ring (bicyclic) bond motifs is 2. The van der Waals surface area contributed by atoms with Gasteiger partial charge in [-0.1, -0.05) is 68.8 Å². The molecule has 0 aromatic heterocycles. The molecule has 3 unspecified atom stereocenters. The molecule has 4 nitrogen and oxygen atoms in total. The molecule has 1 aliphatic heterocycles. The van der Waals surface area contributed by atoms with Gasteiger partial charge >= 0.3 is 0 Å². The molecule has 1 heterocycles. The molecule has 1 aliphatic carbocycles. The summed E-state index contributed by atoms with van der Waals surface area (Å²) in [6, 6.07) is 17.1. The number of nitrogens with one attached hydrogen (secondary N) is 1. The predicted octanol–water partition coefficient (Wildman–Crippen LogP) is 4.76. The van der Waals surface area contributed by atoms with Gasteiger partial charge in [-0.25, -0.2) is 0 Å². The van der Waals surface area contributed by atoms with Gasteiger partial charge < -0.3 is 10.2 Å². The maximum atomic E-state index is 13.8. The molecule has 2 bridgehead atoms. The average molecular weight is 419 g/mol. The monoisotopic (exact) mass is 418 g/mol. The molecule has 0 spiro atoms. The summed E-state index contributed by atoms with van der Waals surface area (Å²) < 4.78 is 0. The topological polar surface area (TPSA) is 49.4 Å². The van der Waals surface area contributed by atoms with E-state index in [9.17, 15) is 9.59 Å². The van der Waals surface area contributed by atoms with Crippen LogP contribution in [0.2, 0.25) is 0 Å². The van der Waals surface area contributed by atoms with Crippen LogP contribution in [0.1, 0.15) is 61.5 Å². The van der Waals surface area contributed by atoms with E-state index in [0.717, 1.165) is 36.9 Å².